The Kier molecular flexibility index (Phi) is 7.30. The summed E-state index contributed by atoms with van der Waals surface area (Å²) in [4.78, 5) is 28.0. The summed E-state index contributed by atoms with van der Waals surface area (Å²) < 4.78 is 17.8. The normalized spacial score (nSPS) is 13.2. The van der Waals surface area contributed by atoms with Crippen LogP contribution in [-0.4, -0.2) is 29.1 Å². The molecule has 1 atom stereocenters. The van der Waals surface area contributed by atoms with Crippen LogP contribution >= 0.6 is 15.9 Å². The molecular weight excluding hydrogens is 450 g/mol. The van der Waals surface area contributed by atoms with E-state index in [9.17, 15) is 9.59 Å². The SMILES string of the molecule is CC(=O)Oc1ccc2c(Br)c([C@@H](COC(=O)C(C)(C)C)OC(C)(C)C)c(C)cc2n1. The number of hydrogen-bond acceptors (Lipinski definition) is 6. The van der Waals surface area contributed by atoms with Gasteiger partial charge in [0, 0.05) is 28.4 Å². The maximum atomic E-state index is 12.3. The van der Waals surface area contributed by atoms with Crippen LogP contribution in [0.1, 0.15) is 65.7 Å². The van der Waals surface area contributed by atoms with Gasteiger partial charge >= 0.3 is 11.9 Å². The van der Waals surface area contributed by atoms with Crippen molar-refractivity contribution in [3.05, 3.63) is 33.8 Å². The van der Waals surface area contributed by atoms with Crippen molar-refractivity contribution < 1.29 is 23.8 Å². The maximum absolute atomic E-state index is 12.3. The molecule has 0 spiro atoms. The van der Waals surface area contributed by atoms with Gasteiger partial charge in [0.05, 0.1) is 16.5 Å². The van der Waals surface area contributed by atoms with Gasteiger partial charge in [-0.2, -0.15) is 0 Å². The highest BCUT2D eigenvalue weighted by atomic mass is 79.9. The van der Waals surface area contributed by atoms with Crippen LogP contribution in [0.15, 0.2) is 22.7 Å². The largest absolute Gasteiger partial charge is 0.462 e. The number of hydrogen-bond donors (Lipinski definition) is 0. The number of aryl methyl sites for hydroxylation is 1. The highest BCUT2D eigenvalue weighted by molar-refractivity contribution is 9.10. The Labute approximate surface area is 186 Å². The van der Waals surface area contributed by atoms with E-state index in [2.05, 4.69) is 20.9 Å². The maximum Gasteiger partial charge on any atom is 0.311 e. The minimum Gasteiger partial charge on any atom is -0.462 e. The van der Waals surface area contributed by atoms with Crippen LogP contribution < -0.4 is 4.74 Å². The Hall–Kier alpha value is -1.99. The number of fused-ring (bicyclic) bond motifs is 1. The van der Waals surface area contributed by atoms with Gasteiger partial charge in [0.25, 0.3) is 0 Å². The number of carbonyl (C=O) groups excluding carboxylic acids is 2. The quantitative estimate of drug-likeness (QED) is 0.513. The van der Waals surface area contributed by atoms with E-state index in [1.54, 1.807) is 6.07 Å². The van der Waals surface area contributed by atoms with Gasteiger partial charge in [-0.25, -0.2) is 4.98 Å². The first-order valence-electron chi connectivity index (χ1n) is 9.82. The lowest BCUT2D eigenvalue weighted by atomic mass is 9.97. The van der Waals surface area contributed by atoms with Crippen molar-refractivity contribution in [2.24, 2.45) is 5.41 Å². The van der Waals surface area contributed by atoms with E-state index < -0.39 is 23.1 Å². The Morgan fingerprint density at radius 2 is 1.77 bits per heavy atom. The summed E-state index contributed by atoms with van der Waals surface area (Å²) in [6, 6.07) is 5.39. The van der Waals surface area contributed by atoms with Gasteiger partial charge in [0.2, 0.25) is 5.88 Å². The molecule has 6 nitrogen and oxygen atoms in total. The number of pyridine rings is 1. The number of nitrogens with zero attached hydrogens (tertiary/aromatic N) is 1. The number of aromatic nitrogens is 1. The van der Waals surface area contributed by atoms with Crippen LogP contribution in [0.4, 0.5) is 0 Å². The van der Waals surface area contributed by atoms with Crippen LogP contribution in [0.25, 0.3) is 10.9 Å². The zero-order valence-corrected chi connectivity index (χ0v) is 20.5. The Bertz CT molecular complexity index is 957. The third-order valence-electron chi connectivity index (χ3n) is 4.19. The topological polar surface area (TPSA) is 74.7 Å². The van der Waals surface area contributed by atoms with Gasteiger partial charge in [-0.1, -0.05) is 0 Å². The van der Waals surface area contributed by atoms with Crippen molar-refractivity contribution in [1.82, 2.24) is 4.98 Å². The van der Waals surface area contributed by atoms with E-state index in [4.69, 9.17) is 14.2 Å². The minimum atomic E-state index is -0.598. The second-order valence-electron chi connectivity index (χ2n) is 9.30. The van der Waals surface area contributed by atoms with Crippen LogP contribution in [-0.2, 0) is 19.1 Å². The van der Waals surface area contributed by atoms with Gasteiger partial charge in [-0.3, -0.25) is 9.59 Å². The molecule has 7 heteroatoms. The molecule has 1 aromatic carbocycles. The summed E-state index contributed by atoms with van der Waals surface area (Å²) in [5.41, 5.74) is 1.45. The van der Waals surface area contributed by atoms with Crippen molar-refractivity contribution in [2.75, 3.05) is 6.61 Å². The number of benzene rings is 1. The third-order valence-corrected chi connectivity index (χ3v) is 5.05. The molecule has 0 radical (unpaired) electrons. The molecule has 0 bridgehead atoms. The fourth-order valence-corrected chi connectivity index (χ4v) is 3.83. The summed E-state index contributed by atoms with van der Waals surface area (Å²) in [6.07, 6.45) is -0.469. The zero-order valence-electron chi connectivity index (χ0n) is 18.9. The molecule has 164 valence electrons. The number of rotatable bonds is 5. The summed E-state index contributed by atoms with van der Waals surface area (Å²) >= 11 is 3.69. The molecule has 0 unspecified atom stereocenters. The number of ether oxygens (including phenoxy) is 3. The summed E-state index contributed by atoms with van der Waals surface area (Å²) in [5.74, 6) is -0.462. The van der Waals surface area contributed by atoms with Crippen molar-refractivity contribution in [3.63, 3.8) is 0 Å². The molecule has 0 fully saturated rings. The highest BCUT2D eigenvalue weighted by Crippen LogP contribution is 2.38. The molecule has 0 aliphatic rings. The highest BCUT2D eigenvalue weighted by Gasteiger charge is 2.29. The Balaban J connectivity index is 2.49. The molecule has 0 amide bonds. The van der Waals surface area contributed by atoms with E-state index >= 15 is 0 Å². The monoisotopic (exact) mass is 479 g/mol. The van der Waals surface area contributed by atoms with Crippen LogP contribution in [0, 0.1) is 12.3 Å². The molecule has 0 aliphatic carbocycles. The van der Waals surface area contributed by atoms with Crippen LogP contribution in [0.5, 0.6) is 5.88 Å². The van der Waals surface area contributed by atoms with E-state index in [1.807, 2.05) is 60.6 Å². The summed E-state index contributed by atoms with van der Waals surface area (Å²) in [7, 11) is 0. The molecule has 2 rings (SSSR count). The lowest BCUT2D eigenvalue weighted by molar-refractivity contribution is -0.162. The van der Waals surface area contributed by atoms with Crippen molar-refractivity contribution in [1.29, 1.82) is 0 Å². The van der Waals surface area contributed by atoms with Crippen molar-refractivity contribution in [3.8, 4) is 5.88 Å². The number of carbonyl (C=O) groups is 2. The average Bonchev–Trinajstić information content (AvgIpc) is 2.56. The predicted molar refractivity (Wildman–Crippen MR) is 119 cm³/mol. The van der Waals surface area contributed by atoms with Gasteiger partial charge < -0.3 is 14.2 Å². The van der Waals surface area contributed by atoms with E-state index in [1.165, 1.54) is 6.92 Å². The predicted octanol–water partition coefficient (Wildman–Crippen LogP) is 5.68. The molecular formula is C23H30BrNO5. The van der Waals surface area contributed by atoms with Gasteiger partial charge in [-0.15, -0.1) is 0 Å². The van der Waals surface area contributed by atoms with Crippen LogP contribution in [0.2, 0.25) is 0 Å². The summed E-state index contributed by atoms with van der Waals surface area (Å²) in [5, 5.41) is 0.844. The molecule has 0 aliphatic heterocycles. The fraction of sp³-hybridized carbons (Fsp3) is 0.522. The lowest BCUT2D eigenvalue weighted by Crippen LogP contribution is -2.30. The van der Waals surface area contributed by atoms with E-state index in [-0.39, 0.29) is 18.5 Å². The third kappa shape index (κ3) is 6.25. The van der Waals surface area contributed by atoms with Crippen molar-refractivity contribution in [2.45, 2.75) is 67.1 Å². The fourth-order valence-electron chi connectivity index (χ4n) is 2.92. The zero-order chi connectivity index (χ0) is 22.9. The van der Waals surface area contributed by atoms with E-state index in [0.717, 1.165) is 21.0 Å². The second kappa shape index (κ2) is 9.02. The molecule has 0 saturated carbocycles. The standard InChI is InChI=1S/C23H30BrNO5/c1-13-11-16-15(9-10-18(25-16)29-14(2)26)20(24)19(13)17(30-23(6,7)8)12-28-21(27)22(3,4)5/h9-11,17H,12H2,1-8H3/t17-/m1/s1. The smallest absolute Gasteiger partial charge is 0.311 e. The second-order valence-corrected chi connectivity index (χ2v) is 10.1. The van der Waals surface area contributed by atoms with E-state index in [0.29, 0.717) is 5.52 Å². The van der Waals surface area contributed by atoms with Gasteiger partial charge in [0.1, 0.15) is 12.7 Å². The average molecular weight is 480 g/mol. The molecule has 0 saturated heterocycles. The molecule has 0 N–H and O–H groups in total. The molecule has 30 heavy (non-hydrogen) atoms. The lowest BCUT2D eigenvalue weighted by Gasteiger charge is -2.30. The van der Waals surface area contributed by atoms with Crippen LogP contribution in [0.3, 0.4) is 0 Å². The number of esters is 2. The Morgan fingerprint density at radius 3 is 2.30 bits per heavy atom. The molecule has 1 aromatic heterocycles. The first-order valence-corrected chi connectivity index (χ1v) is 10.6. The molecule has 1 heterocycles. The first kappa shape index (κ1) is 24.3. The molecule has 2 aromatic rings. The van der Waals surface area contributed by atoms with Gasteiger partial charge in [-0.05, 0) is 82.1 Å². The number of halogens is 1. The minimum absolute atomic E-state index is 0.0945. The Morgan fingerprint density at radius 1 is 1.13 bits per heavy atom. The van der Waals surface area contributed by atoms with Gasteiger partial charge in [0.15, 0.2) is 0 Å². The summed E-state index contributed by atoms with van der Waals surface area (Å²) in [6.45, 7) is 14.7. The first-order chi connectivity index (χ1) is 13.7. The van der Waals surface area contributed by atoms with Crippen molar-refractivity contribution >= 4 is 38.8 Å².